The van der Waals surface area contributed by atoms with Gasteiger partial charge < -0.3 is 10.4 Å². The van der Waals surface area contributed by atoms with Gasteiger partial charge in [0.2, 0.25) is 5.91 Å². The lowest BCUT2D eigenvalue weighted by Crippen LogP contribution is -2.67. The molecule has 4 nitrogen and oxygen atoms in total. The molecule has 0 bridgehead atoms. The highest BCUT2D eigenvalue weighted by molar-refractivity contribution is 5.79. The number of pyridine rings is 1. The Balaban J connectivity index is 1.62. The van der Waals surface area contributed by atoms with Gasteiger partial charge in [0.05, 0.1) is 6.10 Å². The second-order valence-corrected chi connectivity index (χ2v) is 12.1. The number of carbonyl (C=O) groups excluding carboxylic acids is 1. The number of amides is 1. The van der Waals surface area contributed by atoms with Gasteiger partial charge in [-0.2, -0.15) is 0 Å². The van der Waals surface area contributed by atoms with Gasteiger partial charge in [-0.25, -0.2) is 0 Å². The number of hydrogen-bond acceptors (Lipinski definition) is 3. The van der Waals surface area contributed by atoms with E-state index in [0.717, 1.165) is 32.1 Å². The molecule has 0 spiro atoms. The molecule has 1 aromatic rings. The van der Waals surface area contributed by atoms with E-state index in [1.54, 1.807) is 0 Å². The summed E-state index contributed by atoms with van der Waals surface area (Å²) in [5.41, 5.74) is 2.32. The Labute approximate surface area is 186 Å². The van der Waals surface area contributed by atoms with Crippen LogP contribution in [-0.4, -0.2) is 27.6 Å². The van der Waals surface area contributed by atoms with Crippen LogP contribution in [0.25, 0.3) is 5.57 Å². The monoisotopic (exact) mass is 422 g/mol. The molecule has 3 aliphatic carbocycles. The van der Waals surface area contributed by atoms with Gasteiger partial charge in [-0.3, -0.25) is 9.78 Å². The van der Waals surface area contributed by atoms with Gasteiger partial charge in [-0.1, -0.05) is 39.8 Å². The van der Waals surface area contributed by atoms with E-state index in [-0.39, 0.29) is 39.2 Å². The summed E-state index contributed by atoms with van der Waals surface area (Å²) in [5.74, 6) is 0.461. The maximum atomic E-state index is 13.4. The van der Waals surface area contributed by atoms with Gasteiger partial charge in [0.1, 0.15) is 0 Å². The fraction of sp³-hybridized carbons (Fsp3) is 0.704. The second kappa shape index (κ2) is 6.43. The summed E-state index contributed by atoms with van der Waals surface area (Å²) in [7, 11) is 0. The summed E-state index contributed by atoms with van der Waals surface area (Å²) in [6, 6.07) is 4.21. The molecule has 1 aliphatic heterocycles. The van der Waals surface area contributed by atoms with Crippen LogP contribution < -0.4 is 5.32 Å². The van der Waals surface area contributed by atoms with E-state index in [9.17, 15) is 9.90 Å². The third-order valence-electron chi connectivity index (χ3n) is 11.1. The van der Waals surface area contributed by atoms with Crippen molar-refractivity contribution in [2.45, 2.75) is 91.2 Å². The number of allylic oxidation sites excluding steroid dienone is 2. The van der Waals surface area contributed by atoms with E-state index < -0.39 is 0 Å². The lowest BCUT2D eigenvalue weighted by Gasteiger charge is -2.67. The molecule has 168 valence electrons. The van der Waals surface area contributed by atoms with Crippen LogP contribution in [0.3, 0.4) is 0 Å². The molecule has 1 amide bonds. The number of carbonyl (C=O) groups is 1. The summed E-state index contributed by atoms with van der Waals surface area (Å²) in [6.07, 6.45) is 12.2. The first-order valence-corrected chi connectivity index (χ1v) is 12.1. The summed E-state index contributed by atoms with van der Waals surface area (Å²) in [5, 5.41) is 14.0. The van der Waals surface area contributed by atoms with Crippen molar-refractivity contribution in [2.24, 2.45) is 27.6 Å². The maximum Gasteiger partial charge on any atom is 0.220 e. The Bertz CT molecular complexity index is 944. The predicted molar refractivity (Wildman–Crippen MR) is 123 cm³/mol. The van der Waals surface area contributed by atoms with Crippen molar-refractivity contribution in [2.75, 3.05) is 0 Å². The lowest BCUT2D eigenvalue weighted by molar-refractivity contribution is -0.171. The van der Waals surface area contributed by atoms with Crippen LogP contribution >= 0.6 is 0 Å². The molecule has 0 unspecified atom stereocenters. The number of aromatic nitrogens is 1. The van der Waals surface area contributed by atoms with Gasteiger partial charge in [0.25, 0.3) is 0 Å². The zero-order valence-electron chi connectivity index (χ0n) is 19.8. The Morgan fingerprint density at radius 2 is 1.87 bits per heavy atom. The summed E-state index contributed by atoms with van der Waals surface area (Å²) in [6.45, 7) is 12.0. The van der Waals surface area contributed by atoms with Gasteiger partial charge in [-0.15, -0.1) is 0 Å². The van der Waals surface area contributed by atoms with E-state index in [1.165, 1.54) is 11.1 Å². The second-order valence-electron chi connectivity index (χ2n) is 12.1. The first kappa shape index (κ1) is 21.2. The standard InChI is InChI=1S/C27H38N2O2/c1-23-12-13-25(3)21(24(23,2)10-9-20(23)18-7-6-14-28-17-18)15-22(31)29-27(5)16-19(30)8-11-26(25,27)4/h6-7,9,14,17,19,21,30H,8,10-13,15-16H2,1-5H3,(H,29,31)/t19-,21-,23+,24-,25-,26+,27-/m0/s1. The van der Waals surface area contributed by atoms with Crippen molar-refractivity contribution < 1.29 is 9.90 Å². The predicted octanol–water partition coefficient (Wildman–Crippen LogP) is 5.13. The summed E-state index contributed by atoms with van der Waals surface area (Å²) >= 11 is 0. The third kappa shape index (κ3) is 2.52. The van der Waals surface area contributed by atoms with Crippen LogP contribution in [0.2, 0.25) is 0 Å². The highest BCUT2D eigenvalue weighted by atomic mass is 16.3. The Hall–Kier alpha value is -1.68. The Morgan fingerprint density at radius 3 is 2.58 bits per heavy atom. The lowest BCUT2D eigenvalue weighted by atomic mass is 9.37. The van der Waals surface area contributed by atoms with E-state index in [1.807, 2.05) is 18.5 Å². The molecule has 2 saturated carbocycles. The molecule has 5 rings (SSSR count). The number of nitrogens with one attached hydrogen (secondary N) is 1. The largest absolute Gasteiger partial charge is 0.393 e. The normalized spacial score (nSPS) is 49.2. The molecular weight excluding hydrogens is 384 g/mol. The zero-order chi connectivity index (χ0) is 22.3. The molecule has 31 heavy (non-hydrogen) atoms. The van der Waals surface area contributed by atoms with Crippen molar-refractivity contribution in [3.8, 4) is 0 Å². The SMILES string of the molecule is C[C@]12CC[C@H](O)C[C@]1(C)NC(=O)C[C@@H]1[C@]2(C)CC[C@]2(C)C(c3cccnc3)=CC[C@@]12C. The molecule has 7 atom stereocenters. The van der Waals surface area contributed by atoms with Gasteiger partial charge in [0.15, 0.2) is 0 Å². The van der Waals surface area contributed by atoms with Gasteiger partial charge in [0, 0.05) is 24.4 Å². The minimum Gasteiger partial charge on any atom is -0.393 e. The zero-order valence-corrected chi connectivity index (χ0v) is 19.8. The highest BCUT2D eigenvalue weighted by Gasteiger charge is 2.70. The minimum absolute atomic E-state index is 0.0207. The third-order valence-corrected chi connectivity index (χ3v) is 11.1. The Kier molecular flexibility index (Phi) is 4.40. The van der Waals surface area contributed by atoms with Crippen molar-refractivity contribution in [3.05, 3.63) is 36.2 Å². The van der Waals surface area contributed by atoms with E-state index in [2.05, 4.69) is 57.1 Å². The average Bonchev–Trinajstić information content (AvgIpc) is 2.96. The number of aliphatic hydroxyl groups excluding tert-OH is 1. The number of aliphatic hydroxyl groups is 1. The summed E-state index contributed by atoms with van der Waals surface area (Å²) in [4.78, 5) is 17.8. The van der Waals surface area contributed by atoms with Crippen LogP contribution in [0.4, 0.5) is 0 Å². The van der Waals surface area contributed by atoms with Crippen LogP contribution in [0, 0.1) is 27.6 Å². The van der Waals surface area contributed by atoms with Crippen molar-refractivity contribution in [1.29, 1.82) is 0 Å². The van der Waals surface area contributed by atoms with Crippen molar-refractivity contribution in [1.82, 2.24) is 10.3 Å². The topological polar surface area (TPSA) is 62.2 Å². The average molecular weight is 423 g/mol. The van der Waals surface area contributed by atoms with E-state index in [4.69, 9.17) is 0 Å². The number of hydrogen-bond donors (Lipinski definition) is 2. The molecule has 0 radical (unpaired) electrons. The smallest absolute Gasteiger partial charge is 0.220 e. The fourth-order valence-electron chi connectivity index (χ4n) is 8.65. The van der Waals surface area contributed by atoms with Crippen LogP contribution in [0.5, 0.6) is 0 Å². The Morgan fingerprint density at radius 1 is 1.10 bits per heavy atom. The molecule has 0 aromatic carbocycles. The number of nitrogens with zero attached hydrogens (tertiary/aromatic N) is 1. The fourth-order valence-corrected chi connectivity index (χ4v) is 8.65. The molecule has 3 fully saturated rings. The quantitative estimate of drug-likeness (QED) is 0.660. The first-order valence-electron chi connectivity index (χ1n) is 12.1. The van der Waals surface area contributed by atoms with Gasteiger partial charge >= 0.3 is 0 Å². The molecule has 1 aromatic heterocycles. The molecule has 1 saturated heterocycles. The molecule has 4 heteroatoms. The molecule has 2 N–H and O–H groups in total. The molecular formula is C27H38N2O2. The molecule has 4 aliphatic rings. The number of fused-ring (bicyclic) bond motifs is 5. The van der Waals surface area contributed by atoms with Gasteiger partial charge in [-0.05, 0) is 90.2 Å². The first-order chi connectivity index (χ1) is 14.5. The minimum atomic E-state index is -0.367. The van der Waals surface area contributed by atoms with Crippen molar-refractivity contribution >= 4 is 11.5 Å². The van der Waals surface area contributed by atoms with Crippen molar-refractivity contribution in [3.63, 3.8) is 0 Å². The van der Waals surface area contributed by atoms with E-state index in [0.29, 0.717) is 18.8 Å². The maximum absolute atomic E-state index is 13.4. The van der Waals surface area contributed by atoms with Crippen LogP contribution in [0.15, 0.2) is 30.6 Å². The molecule has 2 heterocycles. The van der Waals surface area contributed by atoms with Crippen LogP contribution in [-0.2, 0) is 4.79 Å². The highest BCUT2D eigenvalue weighted by Crippen LogP contribution is 2.75. The van der Waals surface area contributed by atoms with Crippen LogP contribution in [0.1, 0.15) is 85.1 Å². The summed E-state index contributed by atoms with van der Waals surface area (Å²) < 4.78 is 0. The van der Waals surface area contributed by atoms with E-state index >= 15 is 0 Å². The number of rotatable bonds is 1.